The van der Waals surface area contributed by atoms with Crippen LogP contribution in [0.3, 0.4) is 0 Å². The van der Waals surface area contributed by atoms with Crippen molar-refractivity contribution < 1.29 is 0 Å². The van der Waals surface area contributed by atoms with Gasteiger partial charge in [0, 0.05) is 31.6 Å². The molecular weight excluding hydrogens is 340 g/mol. The molecule has 2 heteroatoms. The summed E-state index contributed by atoms with van der Waals surface area (Å²) in [4.78, 5) is 0. The fourth-order valence-electron chi connectivity index (χ4n) is 5.81. The Morgan fingerprint density at radius 2 is 1.50 bits per heavy atom. The molecule has 2 bridgehead atoms. The van der Waals surface area contributed by atoms with Crippen LogP contribution >= 0.6 is 0 Å². The lowest BCUT2D eigenvalue weighted by molar-refractivity contribution is -0.114. The molecule has 0 aromatic heterocycles. The second-order valence-corrected chi connectivity index (χ2v) is 9.59. The first kappa shape index (κ1) is 19.7. The molecule has 3 aliphatic rings. The molecule has 2 aromatic rings. The van der Waals surface area contributed by atoms with Crippen molar-refractivity contribution in [2.24, 2.45) is 23.2 Å². The maximum atomic E-state index is 3.86. The van der Waals surface area contributed by atoms with Crippen LogP contribution in [0.15, 0.2) is 60.7 Å². The highest BCUT2D eigenvalue weighted by Gasteiger charge is 2.55. The Labute approximate surface area is 171 Å². The van der Waals surface area contributed by atoms with Gasteiger partial charge in [-0.2, -0.15) is 0 Å². The first-order valence-electron chi connectivity index (χ1n) is 11.1. The molecule has 2 aromatic carbocycles. The van der Waals surface area contributed by atoms with Gasteiger partial charge in [0.1, 0.15) is 0 Å². The largest absolute Gasteiger partial charge is 0.315 e. The summed E-state index contributed by atoms with van der Waals surface area (Å²) in [5.41, 5.74) is 3.35. The summed E-state index contributed by atoms with van der Waals surface area (Å²) in [6, 6.07) is 22.5. The van der Waals surface area contributed by atoms with Crippen LogP contribution in [-0.2, 0) is 0 Å². The van der Waals surface area contributed by atoms with Crippen LogP contribution in [0.1, 0.15) is 50.7 Å². The Morgan fingerprint density at radius 1 is 0.893 bits per heavy atom. The third-order valence-corrected chi connectivity index (χ3v) is 7.81. The zero-order chi connectivity index (χ0) is 19.6. The predicted octanol–water partition coefficient (Wildman–Crippen LogP) is 5.07. The van der Waals surface area contributed by atoms with E-state index in [1.54, 1.807) is 0 Å². The molecule has 0 radical (unpaired) electrons. The summed E-state index contributed by atoms with van der Waals surface area (Å²) < 4.78 is 0. The highest BCUT2D eigenvalue weighted by Crippen LogP contribution is 2.61. The summed E-state index contributed by atoms with van der Waals surface area (Å²) in [6.45, 7) is 10.5. The molecule has 0 heterocycles. The fourth-order valence-corrected chi connectivity index (χ4v) is 5.81. The Kier molecular flexibility index (Phi) is 5.89. The Hall–Kier alpha value is -1.64. The van der Waals surface area contributed by atoms with Crippen molar-refractivity contribution in [3.8, 4) is 0 Å². The van der Waals surface area contributed by atoms with Crippen molar-refractivity contribution >= 4 is 0 Å². The van der Waals surface area contributed by atoms with E-state index in [9.17, 15) is 0 Å². The third kappa shape index (κ3) is 3.90. The first-order valence-corrected chi connectivity index (χ1v) is 11.1. The second kappa shape index (κ2) is 8.39. The average Bonchev–Trinajstić information content (AvgIpc) is 2.72. The van der Waals surface area contributed by atoms with Crippen LogP contribution in [0.5, 0.6) is 0 Å². The van der Waals surface area contributed by atoms with Crippen molar-refractivity contribution in [2.45, 2.75) is 45.6 Å². The van der Waals surface area contributed by atoms with Crippen LogP contribution in [0.4, 0.5) is 0 Å². The van der Waals surface area contributed by atoms with Gasteiger partial charge in [-0.3, -0.25) is 0 Å². The van der Waals surface area contributed by atoms with Gasteiger partial charge in [-0.1, -0.05) is 81.4 Å². The standard InChI is InChI=1S/C26H36N2/c1-19-24-16-22(26(24,2)3)17-25(19)28-15-14-27-18-23(20-10-6-4-7-11-20)21-12-8-5-9-13-21/h4-13,19,22-25,27-28H,14-18H2,1-3H3/t19-,22?,24-,25-/m1/s1. The molecule has 2 nitrogen and oxygen atoms in total. The quantitative estimate of drug-likeness (QED) is 0.629. The van der Waals surface area contributed by atoms with E-state index in [0.717, 1.165) is 37.4 Å². The van der Waals surface area contributed by atoms with Crippen LogP contribution in [0.2, 0.25) is 0 Å². The summed E-state index contributed by atoms with van der Waals surface area (Å²) in [7, 11) is 0. The SMILES string of the molecule is C[C@@H]1[C@H]2CC(C[C@H]1NCCNCC(c1ccccc1)c1ccccc1)C2(C)C. The number of fused-ring (bicyclic) bond motifs is 2. The zero-order valence-electron chi connectivity index (χ0n) is 17.7. The molecule has 3 saturated carbocycles. The van der Waals surface area contributed by atoms with Gasteiger partial charge in [-0.15, -0.1) is 0 Å². The molecule has 2 N–H and O–H groups in total. The molecule has 28 heavy (non-hydrogen) atoms. The lowest BCUT2D eigenvalue weighted by Crippen LogP contribution is -2.60. The van der Waals surface area contributed by atoms with E-state index < -0.39 is 0 Å². The van der Waals surface area contributed by atoms with Gasteiger partial charge < -0.3 is 10.6 Å². The van der Waals surface area contributed by atoms with Crippen molar-refractivity contribution in [1.82, 2.24) is 10.6 Å². The second-order valence-electron chi connectivity index (χ2n) is 9.59. The van der Waals surface area contributed by atoms with Crippen LogP contribution in [0, 0.1) is 23.2 Å². The van der Waals surface area contributed by atoms with Gasteiger partial charge in [-0.05, 0) is 47.1 Å². The van der Waals surface area contributed by atoms with Gasteiger partial charge in [-0.25, -0.2) is 0 Å². The number of hydrogen-bond acceptors (Lipinski definition) is 2. The third-order valence-electron chi connectivity index (χ3n) is 7.81. The van der Waals surface area contributed by atoms with E-state index in [4.69, 9.17) is 0 Å². The normalized spacial score (nSPS) is 28.1. The van der Waals surface area contributed by atoms with E-state index in [0.29, 0.717) is 17.4 Å². The zero-order valence-corrected chi connectivity index (χ0v) is 17.7. The number of nitrogens with one attached hydrogen (secondary N) is 2. The summed E-state index contributed by atoms with van der Waals surface area (Å²) in [6.07, 6.45) is 2.82. The molecule has 1 unspecified atom stereocenters. The molecule has 150 valence electrons. The minimum Gasteiger partial charge on any atom is -0.315 e. The minimum absolute atomic E-state index is 0.407. The van der Waals surface area contributed by atoms with E-state index in [-0.39, 0.29) is 0 Å². The first-order chi connectivity index (χ1) is 13.6. The Morgan fingerprint density at radius 3 is 2.04 bits per heavy atom. The average molecular weight is 377 g/mol. The summed E-state index contributed by atoms with van der Waals surface area (Å²) in [5, 5.41) is 7.57. The van der Waals surface area contributed by atoms with Crippen molar-refractivity contribution in [3.05, 3.63) is 71.8 Å². The molecule has 3 fully saturated rings. The van der Waals surface area contributed by atoms with Gasteiger partial charge in [0.15, 0.2) is 0 Å². The van der Waals surface area contributed by atoms with E-state index >= 15 is 0 Å². The van der Waals surface area contributed by atoms with Crippen LogP contribution in [-0.4, -0.2) is 25.7 Å². The molecular formula is C26H36N2. The lowest BCUT2D eigenvalue weighted by atomic mass is 9.45. The van der Waals surface area contributed by atoms with Crippen LogP contribution in [0.25, 0.3) is 0 Å². The fraction of sp³-hybridized carbons (Fsp3) is 0.538. The smallest absolute Gasteiger partial charge is 0.0214 e. The number of hydrogen-bond donors (Lipinski definition) is 2. The van der Waals surface area contributed by atoms with E-state index in [1.807, 2.05) is 0 Å². The highest BCUT2D eigenvalue weighted by atomic mass is 15.0. The molecule has 0 aliphatic heterocycles. The van der Waals surface area contributed by atoms with Crippen molar-refractivity contribution in [1.29, 1.82) is 0 Å². The Bertz CT molecular complexity index is 700. The van der Waals surface area contributed by atoms with Crippen molar-refractivity contribution in [3.63, 3.8) is 0 Å². The Balaban J connectivity index is 1.27. The summed E-state index contributed by atoms with van der Waals surface area (Å²) >= 11 is 0. The van der Waals surface area contributed by atoms with Gasteiger partial charge in [0.05, 0.1) is 0 Å². The lowest BCUT2D eigenvalue weighted by Gasteiger charge is -2.62. The van der Waals surface area contributed by atoms with E-state index in [1.165, 1.54) is 24.0 Å². The minimum atomic E-state index is 0.407. The number of benzene rings is 2. The van der Waals surface area contributed by atoms with Gasteiger partial charge >= 0.3 is 0 Å². The van der Waals surface area contributed by atoms with Gasteiger partial charge in [0.2, 0.25) is 0 Å². The highest BCUT2D eigenvalue weighted by molar-refractivity contribution is 5.32. The monoisotopic (exact) mass is 376 g/mol. The molecule has 3 aliphatic carbocycles. The molecule has 0 amide bonds. The maximum Gasteiger partial charge on any atom is 0.0214 e. The summed E-state index contributed by atoms with van der Waals surface area (Å²) in [5.74, 6) is 3.06. The molecule has 0 saturated heterocycles. The topological polar surface area (TPSA) is 24.1 Å². The van der Waals surface area contributed by atoms with Crippen LogP contribution < -0.4 is 10.6 Å². The van der Waals surface area contributed by atoms with E-state index in [2.05, 4.69) is 92.1 Å². The predicted molar refractivity (Wildman–Crippen MR) is 119 cm³/mol. The molecule has 0 spiro atoms. The number of rotatable bonds is 8. The molecule has 4 atom stereocenters. The molecule has 5 rings (SSSR count). The maximum absolute atomic E-state index is 3.86. The van der Waals surface area contributed by atoms with Crippen molar-refractivity contribution in [2.75, 3.05) is 19.6 Å². The van der Waals surface area contributed by atoms with Gasteiger partial charge in [0.25, 0.3) is 0 Å².